The first kappa shape index (κ1) is 18.0. The molecule has 0 fully saturated rings. The number of hydrogen-bond acceptors (Lipinski definition) is 5. The van der Waals surface area contributed by atoms with Gasteiger partial charge in [-0.25, -0.2) is 9.59 Å². The van der Waals surface area contributed by atoms with Gasteiger partial charge in [0.1, 0.15) is 12.2 Å². The second kappa shape index (κ2) is 7.31. The van der Waals surface area contributed by atoms with Crippen LogP contribution in [0, 0.1) is 0 Å². The zero-order chi connectivity index (χ0) is 19.7. The van der Waals surface area contributed by atoms with Crippen molar-refractivity contribution in [2.75, 3.05) is 5.32 Å². The van der Waals surface area contributed by atoms with E-state index < -0.39 is 11.6 Å². The van der Waals surface area contributed by atoms with E-state index in [0.717, 1.165) is 24.6 Å². The molecule has 3 aromatic rings. The van der Waals surface area contributed by atoms with E-state index in [1.807, 2.05) is 12.1 Å². The summed E-state index contributed by atoms with van der Waals surface area (Å²) in [6.07, 6.45) is 3.08. The number of ether oxygens (including phenoxy) is 1. The predicted molar refractivity (Wildman–Crippen MR) is 104 cm³/mol. The molecule has 6 nitrogen and oxygen atoms in total. The fourth-order valence-electron chi connectivity index (χ4n) is 3.53. The molecule has 0 atom stereocenters. The van der Waals surface area contributed by atoms with Crippen molar-refractivity contribution in [1.82, 2.24) is 0 Å². The minimum atomic E-state index is -0.503. The summed E-state index contributed by atoms with van der Waals surface area (Å²) in [6, 6.07) is 11.8. The Morgan fingerprint density at radius 1 is 1.07 bits per heavy atom. The highest BCUT2D eigenvalue weighted by molar-refractivity contribution is 5.92. The van der Waals surface area contributed by atoms with E-state index in [2.05, 4.69) is 5.32 Å². The number of carbonyl (C=O) groups excluding carboxylic acids is 2. The van der Waals surface area contributed by atoms with Gasteiger partial charge in [0.2, 0.25) is 5.91 Å². The summed E-state index contributed by atoms with van der Waals surface area (Å²) in [4.78, 5) is 35.3. The van der Waals surface area contributed by atoms with E-state index in [0.29, 0.717) is 22.4 Å². The smallest absolute Gasteiger partial charge is 0.338 e. The minimum absolute atomic E-state index is 0.0207. The van der Waals surface area contributed by atoms with E-state index in [4.69, 9.17) is 9.15 Å². The van der Waals surface area contributed by atoms with Gasteiger partial charge in [-0.05, 0) is 66.8 Å². The fourth-order valence-corrected chi connectivity index (χ4v) is 3.53. The van der Waals surface area contributed by atoms with Gasteiger partial charge in [0.15, 0.2) is 0 Å². The summed E-state index contributed by atoms with van der Waals surface area (Å²) >= 11 is 0. The first-order valence-electron chi connectivity index (χ1n) is 9.13. The molecule has 1 aliphatic carbocycles. The Morgan fingerprint density at radius 3 is 2.50 bits per heavy atom. The maximum absolute atomic E-state index is 12.3. The van der Waals surface area contributed by atoms with Gasteiger partial charge in [-0.15, -0.1) is 0 Å². The van der Waals surface area contributed by atoms with Crippen LogP contribution in [0.4, 0.5) is 5.69 Å². The van der Waals surface area contributed by atoms with Gasteiger partial charge >= 0.3 is 11.6 Å². The molecule has 2 aromatic carbocycles. The molecule has 1 N–H and O–H groups in total. The molecule has 0 saturated carbocycles. The van der Waals surface area contributed by atoms with Crippen LogP contribution in [0.15, 0.2) is 51.7 Å². The molecule has 0 aliphatic heterocycles. The number of esters is 1. The molecule has 6 heteroatoms. The Bertz CT molecular complexity index is 1130. The second-order valence-electron chi connectivity index (χ2n) is 6.90. The molecule has 1 heterocycles. The summed E-state index contributed by atoms with van der Waals surface area (Å²) in [7, 11) is 0. The quantitative estimate of drug-likeness (QED) is 0.555. The molecule has 1 aliphatic rings. The lowest BCUT2D eigenvalue weighted by Gasteiger charge is -2.09. The summed E-state index contributed by atoms with van der Waals surface area (Å²) < 4.78 is 10.7. The topological polar surface area (TPSA) is 85.6 Å². The van der Waals surface area contributed by atoms with Crippen molar-refractivity contribution in [2.45, 2.75) is 32.8 Å². The molecule has 0 bridgehead atoms. The molecule has 1 amide bonds. The van der Waals surface area contributed by atoms with E-state index in [9.17, 15) is 14.4 Å². The number of carbonyl (C=O) groups is 2. The van der Waals surface area contributed by atoms with Crippen LogP contribution in [-0.4, -0.2) is 11.9 Å². The van der Waals surface area contributed by atoms with Gasteiger partial charge in [0.25, 0.3) is 0 Å². The summed E-state index contributed by atoms with van der Waals surface area (Å²) in [6.45, 7) is 1.39. The van der Waals surface area contributed by atoms with Crippen molar-refractivity contribution in [3.63, 3.8) is 0 Å². The molecule has 0 radical (unpaired) electrons. The first-order valence-corrected chi connectivity index (χ1v) is 9.13. The van der Waals surface area contributed by atoms with Gasteiger partial charge in [-0.3, -0.25) is 4.79 Å². The second-order valence-corrected chi connectivity index (χ2v) is 6.90. The maximum Gasteiger partial charge on any atom is 0.338 e. The third-order valence-corrected chi connectivity index (χ3v) is 4.84. The third-order valence-electron chi connectivity index (χ3n) is 4.84. The standard InChI is InChI=1S/C22H19NO5/c1-13(24)23-18-7-5-14(6-8-18)22(26)27-12-17-11-21(25)28-20-10-16-4-2-3-15(16)9-19(17)20/h5-11H,2-4,12H2,1H3,(H,23,24). The van der Waals surface area contributed by atoms with Crippen LogP contribution in [0.25, 0.3) is 11.0 Å². The highest BCUT2D eigenvalue weighted by Gasteiger charge is 2.16. The van der Waals surface area contributed by atoms with Gasteiger partial charge in [-0.1, -0.05) is 0 Å². The number of amides is 1. The molecule has 0 saturated heterocycles. The fraction of sp³-hybridized carbons (Fsp3) is 0.227. The lowest BCUT2D eigenvalue weighted by molar-refractivity contribution is -0.114. The number of hydrogen-bond donors (Lipinski definition) is 1. The van der Waals surface area contributed by atoms with Crippen LogP contribution < -0.4 is 10.9 Å². The van der Waals surface area contributed by atoms with Crippen LogP contribution in [0.2, 0.25) is 0 Å². The Labute approximate surface area is 161 Å². The molecule has 142 valence electrons. The normalized spacial score (nSPS) is 12.6. The van der Waals surface area contributed by atoms with Crippen molar-refractivity contribution in [3.05, 3.63) is 75.1 Å². The van der Waals surface area contributed by atoms with Crippen molar-refractivity contribution in [3.8, 4) is 0 Å². The Hall–Kier alpha value is -3.41. The lowest BCUT2D eigenvalue weighted by Crippen LogP contribution is -2.09. The largest absolute Gasteiger partial charge is 0.457 e. The third kappa shape index (κ3) is 3.67. The lowest BCUT2D eigenvalue weighted by atomic mass is 10.0. The maximum atomic E-state index is 12.3. The zero-order valence-corrected chi connectivity index (χ0v) is 15.4. The van der Waals surface area contributed by atoms with Crippen LogP contribution in [0.3, 0.4) is 0 Å². The van der Waals surface area contributed by atoms with Crippen molar-refractivity contribution in [1.29, 1.82) is 0 Å². The number of anilines is 1. The number of fused-ring (bicyclic) bond motifs is 2. The molecule has 4 rings (SSSR count). The Kier molecular flexibility index (Phi) is 4.69. The van der Waals surface area contributed by atoms with Crippen LogP contribution in [-0.2, 0) is 29.0 Å². The number of rotatable bonds is 4. The Morgan fingerprint density at radius 2 is 1.79 bits per heavy atom. The first-order chi connectivity index (χ1) is 13.5. The number of aryl methyl sites for hydroxylation is 2. The predicted octanol–water partition coefficient (Wildman–Crippen LogP) is 3.60. The highest BCUT2D eigenvalue weighted by Crippen LogP contribution is 2.28. The van der Waals surface area contributed by atoms with Gasteiger partial charge in [-0.2, -0.15) is 0 Å². The van der Waals surface area contributed by atoms with Crippen molar-refractivity contribution < 1.29 is 18.7 Å². The SMILES string of the molecule is CC(=O)Nc1ccc(C(=O)OCc2cc(=O)oc3cc4c(cc23)CCC4)cc1. The van der Waals surface area contributed by atoms with E-state index in [1.54, 1.807) is 24.3 Å². The van der Waals surface area contributed by atoms with E-state index >= 15 is 0 Å². The molecular formula is C22H19NO5. The van der Waals surface area contributed by atoms with Crippen molar-refractivity contribution >= 4 is 28.5 Å². The van der Waals surface area contributed by atoms with Gasteiger partial charge in [0.05, 0.1) is 5.56 Å². The molecule has 0 unspecified atom stereocenters. The minimum Gasteiger partial charge on any atom is -0.457 e. The highest BCUT2D eigenvalue weighted by atomic mass is 16.5. The van der Waals surface area contributed by atoms with Crippen molar-refractivity contribution in [2.24, 2.45) is 0 Å². The van der Waals surface area contributed by atoms with Gasteiger partial charge < -0.3 is 14.5 Å². The van der Waals surface area contributed by atoms with E-state index in [1.165, 1.54) is 24.1 Å². The Balaban J connectivity index is 1.54. The molecule has 28 heavy (non-hydrogen) atoms. The number of benzene rings is 2. The number of nitrogens with one attached hydrogen (secondary N) is 1. The summed E-state index contributed by atoms with van der Waals surface area (Å²) in [5.41, 5.74) is 4.12. The molecular weight excluding hydrogens is 358 g/mol. The van der Waals surface area contributed by atoms with Crippen LogP contribution >= 0.6 is 0 Å². The summed E-state index contributed by atoms with van der Waals surface area (Å²) in [5.74, 6) is -0.687. The monoisotopic (exact) mass is 377 g/mol. The average molecular weight is 377 g/mol. The van der Waals surface area contributed by atoms with E-state index in [-0.39, 0.29) is 12.5 Å². The average Bonchev–Trinajstić information content (AvgIpc) is 3.11. The summed E-state index contributed by atoms with van der Waals surface area (Å²) in [5, 5.41) is 3.44. The molecule has 1 aromatic heterocycles. The zero-order valence-electron chi connectivity index (χ0n) is 15.4. The van der Waals surface area contributed by atoms with Crippen LogP contribution in [0.5, 0.6) is 0 Å². The van der Waals surface area contributed by atoms with Gasteiger partial charge in [0, 0.05) is 29.6 Å². The molecule has 0 spiro atoms. The van der Waals surface area contributed by atoms with Crippen LogP contribution in [0.1, 0.15) is 40.4 Å².